The number of alkyl halides is 2. The number of methoxy groups -OCH3 is 1. The number of nitrogens with two attached hydrogens (primary N) is 2. The highest BCUT2D eigenvalue weighted by Gasteiger charge is 2.32. The van der Waals surface area contributed by atoms with Gasteiger partial charge in [-0.05, 0) is 71.9 Å². The fourth-order valence-corrected chi connectivity index (χ4v) is 7.67. The molecule has 0 saturated carbocycles. The molecule has 87 heavy (non-hydrogen) atoms. The van der Waals surface area contributed by atoms with Crippen LogP contribution in [0.5, 0.6) is 23.0 Å². The van der Waals surface area contributed by atoms with Gasteiger partial charge in [0.2, 0.25) is 11.5 Å². The van der Waals surface area contributed by atoms with Crippen LogP contribution in [-0.2, 0) is 46.3 Å². The number of hydrogen-bond acceptors (Lipinski definition) is 22. The molecule has 4 aromatic carbocycles. The molecule has 0 spiro atoms. The molecule has 1 fully saturated rings. The third kappa shape index (κ3) is 28.2. The van der Waals surface area contributed by atoms with Crippen LogP contribution in [0.3, 0.4) is 0 Å². The number of phenols is 1. The summed E-state index contributed by atoms with van der Waals surface area (Å²) in [6.07, 6.45) is -2.21. The van der Waals surface area contributed by atoms with E-state index in [4.69, 9.17) is 90.1 Å². The zero-order valence-electron chi connectivity index (χ0n) is 49.4. The Morgan fingerprint density at radius 2 is 1.32 bits per heavy atom. The number of rotatable bonds is 9. The molecule has 4 heterocycles. The number of Topliss-reactive ketones (excluding diaryl/α,β-unsaturated/α-hetero) is 2. The first kappa shape index (κ1) is 77.4. The summed E-state index contributed by atoms with van der Waals surface area (Å²) in [5.74, 6) is 1.20. The number of ether oxygens (including phenoxy) is 5. The highest BCUT2D eigenvalue weighted by Crippen LogP contribution is 2.40. The van der Waals surface area contributed by atoms with Gasteiger partial charge in [-0.1, -0.05) is 59.8 Å². The molecule has 0 unspecified atom stereocenters. The summed E-state index contributed by atoms with van der Waals surface area (Å²) in [7, 11) is 6.08. The Hall–Kier alpha value is -7.60. The van der Waals surface area contributed by atoms with Crippen LogP contribution < -0.4 is 46.5 Å². The normalized spacial score (nSPS) is 16.0. The summed E-state index contributed by atoms with van der Waals surface area (Å²) in [5, 5.41) is 54.0. The number of piperazine rings is 1. The first-order chi connectivity index (χ1) is 41.0. The lowest BCUT2D eigenvalue weighted by Gasteiger charge is -2.33. The minimum absolute atomic E-state index is 0.0834. The number of anilines is 4. The number of aliphatic hydroxyl groups is 1. The number of aliphatic hydroxyl groups excluding tert-OH is 1. The van der Waals surface area contributed by atoms with Crippen molar-refractivity contribution >= 4 is 124 Å². The number of nitrogens with one attached hydrogen (secondary N) is 3. The van der Waals surface area contributed by atoms with Crippen molar-refractivity contribution < 1.29 is 72.5 Å². The van der Waals surface area contributed by atoms with E-state index < -0.39 is 57.6 Å². The summed E-state index contributed by atoms with van der Waals surface area (Å²) in [6.45, 7) is 18.5. The lowest BCUT2D eigenvalue weighted by atomic mass is 10.0. The molecular weight excluding hydrogens is 1230 g/mol. The Labute approximate surface area is 524 Å². The molecule has 2 radical (unpaired) electrons. The van der Waals surface area contributed by atoms with Crippen molar-refractivity contribution in [1.82, 2.24) is 10.6 Å². The van der Waals surface area contributed by atoms with Crippen molar-refractivity contribution in [3.05, 3.63) is 102 Å². The van der Waals surface area contributed by atoms with Gasteiger partial charge in [-0.2, -0.15) is 0 Å². The van der Waals surface area contributed by atoms with Gasteiger partial charge < -0.3 is 66.2 Å². The van der Waals surface area contributed by atoms with Gasteiger partial charge in [-0.15, -0.1) is 28.3 Å². The lowest BCUT2D eigenvalue weighted by molar-refractivity contribution is -0.386. The summed E-state index contributed by atoms with van der Waals surface area (Å²) in [5.41, 5.74) is 14.0. The molecule has 476 valence electrons. The number of nitro groups is 2. The summed E-state index contributed by atoms with van der Waals surface area (Å²) >= 11 is 21.9. The third-order valence-electron chi connectivity index (χ3n) is 11.0. The fourth-order valence-electron chi connectivity index (χ4n) is 6.95. The number of nitro benzene ring substituents is 2. The van der Waals surface area contributed by atoms with E-state index in [1.165, 1.54) is 39.2 Å². The molecular formula is C55H73BCl4N10O17. The molecule has 9 N–H and O–H groups in total. The van der Waals surface area contributed by atoms with E-state index in [1.807, 2.05) is 37.3 Å². The van der Waals surface area contributed by atoms with Crippen molar-refractivity contribution in [1.29, 1.82) is 0 Å². The summed E-state index contributed by atoms with van der Waals surface area (Å²) < 4.78 is 25.1. The number of aromatic hydroxyl groups is 1. The Balaban J connectivity index is 0.000000515. The van der Waals surface area contributed by atoms with Crippen molar-refractivity contribution in [3.8, 4) is 23.0 Å². The van der Waals surface area contributed by atoms with Gasteiger partial charge in [0.1, 0.15) is 11.9 Å². The molecule has 4 aliphatic heterocycles. The van der Waals surface area contributed by atoms with Gasteiger partial charge in [0.05, 0.1) is 53.7 Å². The molecule has 32 heteroatoms. The van der Waals surface area contributed by atoms with Gasteiger partial charge in [0.25, 0.3) is 11.8 Å². The first-order valence-electron chi connectivity index (χ1n) is 26.6. The number of benzene rings is 4. The Bertz CT molecular complexity index is 2970. The fraction of sp³-hybridized carbons (Fsp3) is 0.455. The number of hydrogen-bond donors (Lipinski definition) is 7. The predicted octanol–water partition coefficient (Wildman–Crippen LogP) is 8.37. The second kappa shape index (κ2) is 40.7. The Morgan fingerprint density at radius 1 is 0.805 bits per heavy atom. The number of ketones is 2. The van der Waals surface area contributed by atoms with Gasteiger partial charge in [0, 0.05) is 104 Å². The number of azo groups is 1. The van der Waals surface area contributed by atoms with Crippen LogP contribution in [0.2, 0.25) is 16.4 Å². The maximum atomic E-state index is 11.6. The number of fused-ring (bicyclic) bond motifs is 3. The third-order valence-corrected chi connectivity index (χ3v) is 11.8. The van der Waals surface area contributed by atoms with Crippen LogP contribution in [0.25, 0.3) is 0 Å². The Kier molecular flexibility index (Phi) is 36.2. The molecule has 27 nitrogen and oxygen atoms in total. The molecule has 0 aliphatic carbocycles. The van der Waals surface area contributed by atoms with Crippen LogP contribution in [-0.4, -0.2) is 152 Å². The van der Waals surface area contributed by atoms with Crippen molar-refractivity contribution in [2.75, 3.05) is 79.8 Å². The molecule has 4 atom stereocenters. The largest absolute Gasteiger partial charge is 0.501 e. The second-order valence-corrected chi connectivity index (χ2v) is 20.1. The van der Waals surface area contributed by atoms with Crippen LogP contribution >= 0.6 is 46.4 Å². The topological polar surface area (TPSA) is 391 Å². The number of amides is 3. The number of esters is 1. The number of halogens is 4. The zero-order chi connectivity index (χ0) is 66.1. The number of nitrogen functional groups attached to an aromatic ring is 2. The van der Waals surface area contributed by atoms with Gasteiger partial charge in [-0.3, -0.25) is 39.4 Å². The van der Waals surface area contributed by atoms with E-state index in [0.717, 1.165) is 74.3 Å². The molecule has 3 amide bonds. The van der Waals surface area contributed by atoms with E-state index >= 15 is 0 Å². The molecule has 4 aliphatic rings. The summed E-state index contributed by atoms with van der Waals surface area (Å²) in [4.78, 5) is 87.1. The maximum absolute atomic E-state index is 11.6. The maximum Gasteiger partial charge on any atom is 0.452 e. The summed E-state index contributed by atoms with van der Waals surface area (Å²) in [6, 6.07) is 16.4. The highest BCUT2D eigenvalue weighted by atomic mass is 35.5. The average Bonchev–Trinajstić information content (AvgIpc) is 3.51. The van der Waals surface area contributed by atoms with Crippen LogP contribution in [0.4, 0.5) is 38.9 Å². The molecule has 8 rings (SSSR count). The molecule has 1 saturated heterocycles. The van der Waals surface area contributed by atoms with Crippen molar-refractivity contribution in [2.45, 2.75) is 105 Å². The second-order valence-electron chi connectivity index (χ2n) is 18.5. The number of phenolic OH excluding ortho intramolecular Hbond substituents is 1. The van der Waals surface area contributed by atoms with Crippen molar-refractivity contribution in [3.63, 3.8) is 0 Å². The average molecular weight is 1300 g/mol. The SMILES string of the molecule is CC(=O)N=NC(=O)OC(C)C.COC(=O)[C@H](C)O.C[C@H]1Oc2c(N)cccc2CC1=O.C[C@H]1Oc2c(cc(Cl)cc2[N+](=O)[O-])CC1=O.C[C@H]1Oc2c(cccc2N2CCNCC2)NC1=O.ClCCNCCCl.Nc1cc(Cl)cc([N+](=O)[O-])c1O.[B]CC. The Morgan fingerprint density at radius 3 is 1.83 bits per heavy atom. The van der Waals surface area contributed by atoms with E-state index in [1.54, 1.807) is 40.7 Å². The smallest absolute Gasteiger partial charge is 0.452 e. The lowest BCUT2D eigenvalue weighted by Crippen LogP contribution is -2.44. The first-order valence-corrected chi connectivity index (χ1v) is 28.4. The number of carbonyl (C=O) groups is 6. The minimum Gasteiger partial charge on any atom is -0.501 e. The van der Waals surface area contributed by atoms with Crippen LogP contribution in [0.15, 0.2) is 70.9 Å². The molecule has 0 aromatic heterocycles. The van der Waals surface area contributed by atoms with Gasteiger partial charge in [-0.25, -0.2) is 9.59 Å². The van der Waals surface area contributed by atoms with Gasteiger partial charge >= 0.3 is 23.4 Å². The predicted molar refractivity (Wildman–Crippen MR) is 332 cm³/mol. The van der Waals surface area contributed by atoms with Crippen LogP contribution in [0, 0.1) is 20.2 Å². The van der Waals surface area contributed by atoms with E-state index in [9.17, 15) is 49.0 Å². The van der Waals surface area contributed by atoms with E-state index in [0.29, 0.717) is 35.2 Å². The van der Waals surface area contributed by atoms with E-state index in [2.05, 4.69) is 40.6 Å². The number of para-hydroxylation sites is 2. The van der Waals surface area contributed by atoms with Crippen molar-refractivity contribution in [2.24, 2.45) is 10.2 Å². The minimum atomic E-state index is -0.995. The molecule has 4 aromatic rings. The van der Waals surface area contributed by atoms with E-state index in [-0.39, 0.29) is 63.3 Å². The quantitative estimate of drug-likeness (QED) is 0.00951. The van der Waals surface area contributed by atoms with Gasteiger partial charge in [0.15, 0.2) is 35.6 Å². The standard InChI is InChI=1S/C13H17N3O2.C10H8ClNO4.C10H11NO2.C6H5ClN2O3.C6H10N2O3.C4H9Cl2N.C4H8O3.C2H5B/c1-9-13(17)15-10-3-2-4-11(12(10)18-9)16-7-5-14-6-8-16;1-5-9(13)3-6-2-7(11)4-8(12(14)15)10(6)16-5;1-6-9(12)5-7-3-2-4-8(11)10(7)13-6;7-3-1-4(8)6(10)5(2-3)9(11)12;1-4(2)11-6(10)8-7-5(3)9;5-1-3-7-4-2-6;1-3(5)4(6)7-2;1-2-3/h2-4,9,14H,5-8H2,1H3,(H,15,17);2,4-5H,3H2,1H3;2-4,6H,5,11H2,1H3;1-2,10H,8H2;4H,1-3H3;7H,1-4H2;3,5H,1-2H3;2H2,1H3/t9-;5-;6-;;;;3-;/m111...0./s1. The number of nitrogens with zero attached hydrogens (tertiary/aromatic N) is 5. The zero-order valence-corrected chi connectivity index (χ0v) is 52.5. The monoisotopic (exact) mass is 1300 g/mol. The molecule has 0 bridgehead atoms. The number of carbonyl (C=O) groups excluding carboxylic acids is 6. The highest BCUT2D eigenvalue weighted by molar-refractivity contribution is 6.31. The van der Waals surface area contributed by atoms with Crippen LogP contribution in [0.1, 0.15) is 66.5 Å².